The van der Waals surface area contributed by atoms with Crippen LogP contribution >= 0.6 is 0 Å². The Morgan fingerprint density at radius 3 is 2.79 bits per heavy atom. The Balaban J connectivity index is 0.964. The van der Waals surface area contributed by atoms with Gasteiger partial charge < -0.3 is 9.72 Å². The van der Waals surface area contributed by atoms with E-state index in [1.807, 2.05) is 35.4 Å². The van der Waals surface area contributed by atoms with E-state index in [9.17, 15) is 9.65 Å². The number of nitriles is 1. The van der Waals surface area contributed by atoms with Crippen LogP contribution in [-0.4, -0.2) is 72.4 Å². The molecule has 2 aliphatic heterocycles. The molecule has 3 aliphatic rings. The van der Waals surface area contributed by atoms with E-state index in [1.165, 1.54) is 18.9 Å². The Kier molecular flexibility index (Phi) is 7.16. The Hall–Kier alpha value is -3.81. The normalized spacial score (nSPS) is 25.5. The zero-order chi connectivity index (χ0) is 28.7. The molecule has 3 fully saturated rings. The molecule has 7 rings (SSSR count). The topological polar surface area (TPSA) is 98.9 Å². The zero-order valence-corrected chi connectivity index (χ0v) is 24.0. The van der Waals surface area contributed by atoms with E-state index in [-0.39, 0.29) is 17.5 Å². The predicted molar refractivity (Wildman–Crippen MR) is 157 cm³/mol. The van der Waals surface area contributed by atoms with Gasteiger partial charge in [-0.25, -0.2) is 14.4 Å². The molecular weight excluding hydrogens is 531 g/mol. The van der Waals surface area contributed by atoms with Crippen LogP contribution in [0.4, 0.5) is 4.39 Å². The summed E-state index contributed by atoms with van der Waals surface area (Å²) in [5.74, 6) is 0.413. The zero-order valence-electron chi connectivity index (χ0n) is 24.0. The van der Waals surface area contributed by atoms with Gasteiger partial charge in [0, 0.05) is 61.1 Å². The first-order valence-corrected chi connectivity index (χ1v) is 15.1. The molecule has 5 heterocycles. The molecule has 1 aliphatic carbocycles. The number of halogens is 1. The highest BCUT2D eigenvalue weighted by molar-refractivity contribution is 5.90. The average molecular weight is 569 g/mol. The number of nitrogens with one attached hydrogen (secondary N) is 1. The first kappa shape index (κ1) is 27.0. The number of hydrogen-bond donors (Lipinski definition) is 1. The second kappa shape index (κ2) is 11.1. The molecule has 0 amide bonds. The quantitative estimate of drug-likeness (QED) is 0.310. The number of fused-ring (bicyclic) bond motifs is 1. The van der Waals surface area contributed by atoms with E-state index < -0.39 is 0 Å². The smallest absolute Gasteiger partial charge is 0.141 e. The molecule has 10 heteroatoms. The number of likely N-dealkylation sites (tertiary alicyclic amines) is 2. The summed E-state index contributed by atoms with van der Waals surface area (Å²) in [6.07, 6.45) is 13.8. The van der Waals surface area contributed by atoms with Crippen molar-refractivity contribution in [2.75, 3.05) is 19.6 Å². The van der Waals surface area contributed by atoms with Crippen molar-refractivity contribution in [2.45, 2.75) is 82.1 Å². The summed E-state index contributed by atoms with van der Waals surface area (Å²) in [4.78, 5) is 16.9. The van der Waals surface area contributed by atoms with Gasteiger partial charge in [-0.1, -0.05) is 0 Å². The van der Waals surface area contributed by atoms with Crippen molar-refractivity contribution in [3.05, 3.63) is 60.6 Å². The lowest BCUT2D eigenvalue weighted by Crippen LogP contribution is -2.58. The highest BCUT2D eigenvalue weighted by Crippen LogP contribution is 2.45. The van der Waals surface area contributed by atoms with Crippen LogP contribution in [0, 0.1) is 17.1 Å². The maximum absolute atomic E-state index is 14.5. The second-order valence-electron chi connectivity index (χ2n) is 12.4. The lowest BCUT2D eigenvalue weighted by atomic mass is 9.69. The summed E-state index contributed by atoms with van der Waals surface area (Å²) in [6, 6.07) is 10.5. The van der Waals surface area contributed by atoms with Crippen LogP contribution in [0.5, 0.6) is 5.75 Å². The SMILES string of the molecule is C[C@H]1CCCN1Cc1cc(F)cc(OC2CCN([C@H]3C[C@](CC#N)(n4cc(-c5ncnc6[nH]ccc56)cn4)C3)CC2)c1. The van der Waals surface area contributed by atoms with Crippen molar-refractivity contribution in [3.63, 3.8) is 0 Å². The number of piperidine rings is 1. The third-order valence-electron chi connectivity index (χ3n) is 9.64. The molecule has 1 saturated carbocycles. The molecule has 0 unspecified atom stereocenters. The molecule has 3 aromatic heterocycles. The maximum Gasteiger partial charge on any atom is 0.141 e. The third kappa shape index (κ3) is 5.16. The van der Waals surface area contributed by atoms with Gasteiger partial charge in [0.15, 0.2) is 0 Å². The number of H-pyrrole nitrogens is 1. The summed E-state index contributed by atoms with van der Waals surface area (Å²) in [5, 5.41) is 15.4. The number of aromatic nitrogens is 5. The molecule has 1 atom stereocenters. The fourth-order valence-electron chi connectivity index (χ4n) is 7.24. The fourth-order valence-corrected chi connectivity index (χ4v) is 7.24. The van der Waals surface area contributed by atoms with E-state index in [0.29, 0.717) is 24.3 Å². The van der Waals surface area contributed by atoms with Gasteiger partial charge in [0.25, 0.3) is 0 Å². The van der Waals surface area contributed by atoms with Gasteiger partial charge >= 0.3 is 0 Å². The lowest BCUT2D eigenvalue weighted by molar-refractivity contribution is -0.0207. The van der Waals surface area contributed by atoms with Gasteiger partial charge in [0.2, 0.25) is 0 Å². The van der Waals surface area contributed by atoms with Crippen molar-refractivity contribution >= 4 is 11.0 Å². The van der Waals surface area contributed by atoms with E-state index in [0.717, 1.165) is 79.7 Å². The Morgan fingerprint density at radius 2 is 2.00 bits per heavy atom. The average Bonchev–Trinajstić information content (AvgIpc) is 3.73. The van der Waals surface area contributed by atoms with E-state index in [4.69, 9.17) is 9.84 Å². The second-order valence-corrected chi connectivity index (χ2v) is 12.4. The van der Waals surface area contributed by atoms with Crippen LogP contribution in [0.25, 0.3) is 22.3 Å². The maximum atomic E-state index is 14.5. The lowest BCUT2D eigenvalue weighted by Gasteiger charge is -2.52. The largest absolute Gasteiger partial charge is 0.490 e. The monoisotopic (exact) mass is 568 g/mol. The van der Waals surface area contributed by atoms with Crippen molar-refractivity contribution in [1.29, 1.82) is 5.26 Å². The minimum atomic E-state index is -0.305. The number of nitrogens with zero attached hydrogens (tertiary/aromatic N) is 7. The summed E-state index contributed by atoms with van der Waals surface area (Å²) in [6.45, 7) is 5.96. The fraction of sp³-hybridized carbons (Fsp3) is 0.500. The molecule has 9 nitrogen and oxygen atoms in total. The number of ether oxygens (including phenoxy) is 1. The molecule has 0 bridgehead atoms. The minimum absolute atomic E-state index is 0.0809. The molecule has 4 aromatic rings. The molecule has 0 radical (unpaired) electrons. The van der Waals surface area contributed by atoms with E-state index in [2.05, 4.69) is 37.7 Å². The number of aromatic amines is 1. The van der Waals surface area contributed by atoms with Gasteiger partial charge in [0.1, 0.15) is 29.6 Å². The Labute approximate surface area is 245 Å². The van der Waals surface area contributed by atoms with Crippen LogP contribution < -0.4 is 4.74 Å². The van der Waals surface area contributed by atoms with Crippen molar-refractivity contribution < 1.29 is 9.13 Å². The van der Waals surface area contributed by atoms with Gasteiger partial charge in [-0.05, 0) is 75.8 Å². The van der Waals surface area contributed by atoms with Crippen LogP contribution in [0.1, 0.15) is 57.4 Å². The molecular formula is C32H37FN8O. The summed E-state index contributed by atoms with van der Waals surface area (Å²) in [5.41, 5.74) is 3.24. The van der Waals surface area contributed by atoms with Gasteiger partial charge in [-0.15, -0.1) is 0 Å². The first-order valence-electron chi connectivity index (χ1n) is 15.1. The van der Waals surface area contributed by atoms with Crippen LogP contribution in [0.15, 0.2) is 49.2 Å². The molecule has 42 heavy (non-hydrogen) atoms. The van der Waals surface area contributed by atoms with Crippen LogP contribution in [0.3, 0.4) is 0 Å². The van der Waals surface area contributed by atoms with Crippen molar-refractivity contribution in [2.24, 2.45) is 0 Å². The number of benzene rings is 1. The van der Waals surface area contributed by atoms with Gasteiger partial charge in [-0.2, -0.15) is 10.4 Å². The van der Waals surface area contributed by atoms with Crippen molar-refractivity contribution in [3.8, 4) is 23.1 Å². The molecule has 1 aromatic carbocycles. The summed E-state index contributed by atoms with van der Waals surface area (Å²) < 4.78 is 22.8. The van der Waals surface area contributed by atoms with Crippen LogP contribution in [0.2, 0.25) is 0 Å². The van der Waals surface area contributed by atoms with E-state index in [1.54, 1.807) is 12.4 Å². The Morgan fingerprint density at radius 1 is 1.14 bits per heavy atom. The van der Waals surface area contributed by atoms with Gasteiger partial charge in [0.05, 0.1) is 29.9 Å². The molecule has 2 saturated heterocycles. The van der Waals surface area contributed by atoms with E-state index >= 15 is 0 Å². The summed E-state index contributed by atoms with van der Waals surface area (Å²) >= 11 is 0. The first-order chi connectivity index (χ1) is 20.5. The molecule has 0 spiro atoms. The highest BCUT2D eigenvalue weighted by Gasteiger charge is 2.49. The van der Waals surface area contributed by atoms with Crippen molar-refractivity contribution in [1.82, 2.24) is 34.5 Å². The van der Waals surface area contributed by atoms with Gasteiger partial charge in [-0.3, -0.25) is 14.5 Å². The van der Waals surface area contributed by atoms with Crippen LogP contribution in [-0.2, 0) is 12.1 Å². The molecule has 218 valence electrons. The Bertz CT molecular complexity index is 1590. The molecule has 1 N–H and O–H groups in total. The number of hydrogen-bond acceptors (Lipinski definition) is 7. The minimum Gasteiger partial charge on any atom is -0.490 e. The predicted octanol–water partition coefficient (Wildman–Crippen LogP) is 5.26. The standard InChI is InChI=1S/C32H37FN8O/c1-22-3-2-10-40(22)19-23-13-25(33)15-28(14-23)42-27-5-11-39(12-6-27)26-16-32(17-26,7-8-34)41-20-24(18-38-41)30-29-4-9-35-31(29)37-21-36-30/h4,9,13-15,18,20-22,26-27H,2-3,5-7,10-12,16-17,19H2,1H3,(H,35,36,37)/t22-,26-,32-/m0/s1. The third-order valence-corrected chi connectivity index (χ3v) is 9.64. The number of rotatable bonds is 8. The highest BCUT2D eigenvalue weighted by atomic mass is 19.1. The summed E-state index contributed by atoms with van der Waals surface area (Å²) in [7, 11) is 0.